The molecule has 1 aromatic carbocycles. The van der Waals surface area contributed by atoms with Crippen LogP contribution >= 0.6 is 0 Å². The van der Waals surface area contributed by atoms with E-state index in [9.17, 15) is 8.42 Å². The Morgan fingerprint density at radius 1 is 1.33 bits per heavy atom. The van der Waals surface area contributed by atoms with Gasteiger partial charge in [0.25, 0.3) is 0 Å². The third-order valence-electron chi connectivity index (χ3n) is 2.70. The number of nitrogens with zero attached hydrogens (tertiary/aromatic N) is 1. The molecule has 0 radical (unpaired) electrons. The van der Waals surface area contributed by atoms with Gasteiger partial charge in [-0.25, -0.2) is 13.4 Å². The van der Waals surface area contributed by atoms with Gasteiger partial charge in [0.15, 0.2) is 15.4 Å². The van der Waals surface area contributed by atoms with Gasteiger partial charge in [-0.2, -0.15) is 0 Å². The molecule has 6 heteroatoms. The summed E-state index contributed by atoms with van der Waals surface area (Å²) in [6, 6.07) is 5.05. The lowest BCUT2D eigenvalue weighted by Gasteiger charge is -2.17. The largest absolute Gasteiger partial charge is 0.440 e. The zero-order valence-corrected chi connectivity index (χ0v) is 11.4. The van der Waals surface area contributed by atoms with E-state index in [-0.39, 0.29) is 11.6 Å². The minimum Gasteiger partial charge on any atom is -0.440 e. The number of anilines is 1. The molecule has 0 saturated carbocycles. The SMILES string of the molecule is CC(C)(C)S(=O)(=O)Cc1nc2ccc(N)cc2o1. The molecule has 0 bridgehead atoms. The summed E-state index contributed by atoms with van der Waals surface area (Å²) in [5.74, 6) is -0.00373. The molecule has 2 N–H and O–H groups in total. The number of rotatable bonds is 2. The average Bonchev–Trinajstić information content (AvgIpc) is 2.56. The normalized spacial score (nSPS) is 13.1. The Labute approximate surface area is 106 Å². The molecule has 1 heterocycles. The van der Waals surface area contributed by atoms with Crippen molar-refractivity contribution in [2.24, 2.45) is 0 Å². The maximum atomic E-state index is 12.0. The number of hydrogen-bond acceptors (Lipinski definition) is 5. The smallest absolute Gasteiger partial charge is 0.210 e. The van der Waals surface area contributed by atoms with E-state index in [1.165, 1.54) is 0 Å². The molecule has 0 atom stereocenters. The van der Waals surface area contributed by atoms with Gasteiger partial charge in [-0.3, -0.25) is 0 Å². The van der Waals surface area contributed by atoms with E-state index in [4.69, 9.17) is 10.2 Å². The summed E-state index contributed by atoms with van der Waals surface area (Å²) < 4.78 is 28.7. The van der Waals surface area contributed by atoms with E-state index < -0.39 is 14.6 Å². The topological polar surface area (TPSA) is 86.2 Å². The molecule has 1 aromatic heterocycles. The molecule has 0 amide bonds. The van der Waals surface area contributed by atoms with Crippen LogP contribution in [0, 0.1) is 0 Å². The van der Waals surface area contributed by atoms with Crippen LogP contribution in [0.1, 0.15) is 26.7 Å². The molecule has 0 saturated heterocycles. The Kier molecular flexibility index (Phi) is 2.85. The first-order valence-corrected chi connectivity index (χ1v) is 7.21. The highest BCUT2D eigenvalue weighted by atomic mass is 32.2. The fraction of sp³-hybridized carbons (Fsp3) is 0.417. The predicted molar refractivity (Wildman–Crippen MR) is 70.8 cm³/mol. The van der Waals surface area contributed by atoms with E-state index in [1.807, 2.05) is 0 Å². The fourth-order valence-electron chi connectivity index (χ4n) is 1.43. The van der Waals surface area contributed by atoms with Crippen molar-refractivity contribution >= 4 is 26.6 Å². The van der Waals surface area contributed by atoms with Crippen molar-refractivity contribution in [2.75, 3.05) is 5.73 Å². The van der Waals surface area contributed by atoms with Crippen molar-refractivity contribution in [3.8, 4) is 0 Å². The molecule has 18 heavy (non-hydrogen) atoms. The molecule has 0 spiro atoms. The number of fused-ring (bicyclic) bond motifs is 1. The number of oxazole rings is 1. The lowest BCUT2D eigenvalue weighted by molar-refractivity contribution is 0.525. The minimum atomic E-state index is -3.30. The zero-order chi connectivity index (χ0) is 13.6. The average molecular weight is 268 g/mol. The van der Waals surface area contributed by atoms with Gasteiger partial charge in [-0.05, 0) is 32.9 Å². The third kappa shape index (κ3) is 2.33. The van der Waals surface area contributed by atoms with Crippen LogP contribution in [-0.2, 0) is 15.6 Å². The summed E-state index contributed by atoms with van der Waals surface area (Å²) in [6.45, 7) is 4.97. The second-order valence-electron chi connectivity index (χ2n) is 5.21. The molecule has 98 valence electrons. The second kappa shape index (κ2) is 3.98. The van der Waals surface area contributed by atoms with Crippen molar-refractivity contribution in [1.82, 2.24) is 4.98 Å². The highest BCUT2D eigenvalue weighted by Crippen LogP contribution is 2.23. The van der Waals surface area contributed by atoms with E-state index in [2.05, 4.69) is 4.98 Å². The van der Waals surface area contributed by atoms with Gasteiger partial charge in [-0.15, -0.1) is 0 Å². The Morgan fingerprint density at radius 2 is 2.00 bits per heavy atom. The Morgan fingerprint density at radius 3 is 2.61 bits per heavy atom. The zero-order valence-electron chi connectivity index (χ0n) is 10.6. The Bertz CT molecular complexity index is 681. The first-order valence-electron chi connectivity index (χ1n) is 5.56. The highest BCUT2D eigenvalue weighted by Gasteiger charge is 2.30. The van der Waals surface area contributed by atoms with Crippen LogP contribution in [0.3, 0.4) is 0 Å². The monoisotopic (exact) mass is 268 g/mol. The van der Waals surface area contributed by atoms with Crippen LogP contribution in [0.25, 0.3) is 11.1 Å². The van der Waals surface area contributed by atoms with Gasteiger partial charge in [0, 0.05) is 11.8 Å². The van der Waals surface area contributed by atoms with Gasteiger partial charge in [0.05, 0.1) is 4.75 Å². The van der Waals surface area contributed by atoms with E-state index >= 15 is 0 Å². The molecule has 0 fully saturated rings. The maximum Gasteiger partial charge on any atom is 0.210 e. The highest BCUT2D eigenvalue weighted by molar-refractivity contribution is 7.91. The Balaban J connectivity index is 2.39. The van der Waals surface area contributed by atoms with Crippen LogP contribution in [0.2, 0.25) is 0 Å². The van der Waals surface area contributed by atoms with Crippen LogP contribution in [-0.4, -0.2) is 18.1 Å². The minimum absolute atomic E-state index is 0.200. The number of nitrogen functional groups attached to an aromatic ring is 1. The lowest BCUT2D eigenvalue weighted by Crippen LogP contribution is -2.29. The van der Waals surface area contributed by atoms with E-state index in [0.29, 0.717) is 16.8 Å². The second-order valence-corrected chi connectivity index (χ2v) is 7.95. The first-order chi connectivity index (χ1) is 8.19. The standard InChI is InChI=1S/C12H16N2O3S/c1-12(2,3)18(15,16)7-11-14-9-5-4-8(13)6-10(9)17-11/h4-6H,7,13H2,1-3H3. The molecular weight excluding hydrogens is 252 g/mol. The number of benzene rings is 1. The van der Waals surface area contributed by atoms with Crippen LogP contribution in [0.15, 0.2) is 22.6 Å². The van der Waals surface area contributed by atoms with Crippen molar-refractivity contribution in [3.63, 3.8) is 0 Å². The summed E-state index contributed by atoms with van der Waals surface area (Å²) in [5, 5.41) is 0. The third-order valence-corrected chi connectivity index (χ3v) is 5.20. The van der Waals surface area contributed by atoms with Crippen LogP contribution in [0.5, 0.6) is 0 Å². The quantitative estimate of drug-likeness (QED) is 0.843. The Hall–Kier alpha value is -1.56. The van der Waals surface area contributed by atoms with Crippen molar-refractivity contribution in [1.29, 1.82) is 0 Å². The van der Waals surface area contributed by atoms with Crippen LogP contribution in [0.4, 0.5) is 5.69 Å². The van der Waals surface area contributed by atoms with Gasteiger partial charge >= 0.3 is 0 Å². The summed E-state index contributed by atoms with van der Waals surface area (Å²) >= 11 is 0. The van der Waals surface area contributed by atoms with Gasteiger partial charge in [0.2, 0.25) is 5.89 Å². The maximum absolute atomic E-state index is 12.0. The molecule has 2 aromatic rings. The molecule has 5 nitrogen and oxygen atoms in total. The molecule has 0 aliphatic rings. The summed E-state index contributed by atoms with van der Waals surface area (Å²) in [7, 11) is -3.30. The first kappa shape index (κ1) is 12.9. The molecule has 2 rings (SSSR count). The van der Waals surface area contributed by atoms with Crippen LogP contribution < -0.4 is 5.73 Å². The van der Waals surface area contributed by atoms with Crippen molar-refractivity contribution in [3.05, 3.63) is 24.1 Å². The molecule has 0 unspecified atom stereocenters. The van der Waals surface area contributed by atoms with Gasteiger partial charge in [0.1, 0.15) is 11.3 Å². The number of aromatic nitrogens is 1. The summed E-state index contributed by atoms with van der Waals surface area (Å²) in [6.07, 6.45) is 0. The number of sulfone groups is 1. The van der Waals surface area contributed by atoms with Crippen molar-refractivity contribution in [2.45, 2.75) is 31.3 Å². The number of nitrogens with two attached hydrogens (primary N) is 1. The molecule has 0 aliphatic carbocycles. The fourth-order valence-corrected chi connectivity index (χ4v) is 2.31. The summed E-state index contributed by atoms with van der Waals surface area (Å²) in [5.41, 5.74) is 7.31. The van der Waals surface area contributed by atoms with Gasteiger partial charge in [-0.1, -0.05) is 0 Å². The van der Waals surface area contributed by atoms with E-state index in [1.54, 1.807) is 39.0 Å². The summed E-state index contributed by atoms with van der Waals surface area (Å²) in [4.78, 5) is 4.15. The van der Waals surface area contributed by atoms with E-state index in [0.717, 1.165) is 0 Å². The van der Waals surface area contributed by atoms with Gasteiger partial charge < -0.3 is 10.2 Å². The predicted octanol–water partition coefficient (Wildman–Crippen LogP) is 2.12. The number of hydrogen-bond donors (Lipinski definition) is 1. The van der Waals surface area contributed by atoms with Crippen molar-refractivity contribution < 1.29 is 12.8 Å². The molecule has 0 aliphatic heterocycles. The molecular formula is C12H16N2O3S. The lowest BCUT2D eigenvalue weighted by atomic mass is 10.3.